The van der Waals surface area contributed by atoms with E-state index >= 15 is 0 Å². The number of rotatable bonds is 7. The minimum atomic E-state index is -1.22. The number of nitrogen functional groups attached to an aromatic ring is 1. The lowest BCUT2D eigenvalue weighted by Gasteiger charge is -2.16. The fourth-order valence-electron chi connectivity index (χ4n) is 3.17. The third kappa shape index (κ3) is 4.19. The van der Waals surface area contributed by atoms with E-state index in [-0.39, 0.29) is 12.4 Å². The Kier molecular flexibility index (Phi) is 5.78. The van der Waals surface area contributed by atoms with Crippen molar-refractivity contribution >= 4 is 33.8 Å². The van der Waals surface area contributed by atoms with Crippen LogP contribution in [0.15, 0.2) is 60.7 Å². The molecule has 1 aromatic heterocycles. The number of aromatic amines is 1. The quantitative estimate of drug-likeness (QED) is 0.376. The molecule has 0 aliphatic rings. The number of anilines is 2. The molecule has 0 aliphatic carbocycles. The molecule has 0 saturated carbocycles. The zero-order valence-corrected chi connectivity index (χ0v) is 17.1. The van der Waals surface area contributed by atoms with E-state index in [0.717, 1.165) is 27.6 Å². The Hall–Kier alpha value is -3.23. The number of nitrogens with two attached hydrogens (primary N) is 1. The average Bonchev–Trinajstić information content (AvgIpc) is 3.15. The van der Waals surface area contributed by atoms with Crippen molar-refractivity contribution in [3.63, 3.8) is 0 Å². The van der Waals surface area contributed by atoms with Crippen LogP contribution < -0.4 is 15.2 Å². The van der Waals surface area contributed by atoms with Gasteiger partial charge in [0.25, 0.3) is 0 Å². The van der Waals surface area contributed by atoms with Gasteiger partial charge in [0.2, 0.25) is 0 Å². The summed E-state index contributed by atoms with van der Waals surface area (Å²) in [4.78, 5) is 0. The number of halogens is 1. The second-order valence-corrected chi connectivity index (χ2v) is 8.17. The lowest BCUT2D eigenvalue weighted by Crippen LogP contribution is -2.15. The molecule has 30 heavy (non-hydrogen) atoms. The number of nitrogens with one attached hydrogen (secondary N) is 2. The van der Waals surface area contributed by atoms with E-state index < -0.39 is 11.4 Å². The molecular weight excluding hydrogens is 403 g/mol. The Morgan fingerprint density at radius 1 is 1.17 bits per heavy atom. The smallest absolute Gasteiger partial charge is 0.153 e. The van der Waals surface area contributed by atoms with Crippen LogP contribution in [0.4, 0.5) is 15.9 Å². The second-order valence-electron chi connectivity index (χ2n) is 6.70. The molecule has 0 amide bonds. The predicted octanol–water partition coefficient (Wildman–Crippen LogP) is 4.63. The number of H-pyrrole nitrogens is 1. The number of ether oxygens (including phenoxy) is 1. The molecule has 8 heteroatoms. The summed E-state index contributed by atoms with van der Waals surface area (Å²) in [6.07, 6.45) is 0. The minimum absolute atomic E-state index is 0.245. The summed E-state index contributed by atoms with van der Waals surface area (Å²) >= 11 is -1.22. The maximum atomic E-state index is 13.2. The van der Waals surface area contributed by atoms with Crippen LogP contribution in [-0.2, 0) is 18.0 Å². The molecule has 0 saturated heterocycles. The molecule has 154 valence electrons. The molecule has 0 spiro atoms. The highest BCUT2D eigenvalue weighted by Gasteiger charge is 2.15. The van der Waals surface area contributed by atoms with E-state index in [1.165, 1.54) is 12.1 Å². The zero-order chi connectivity index (χ0) is 21.1. The number of hydrogen-bond acceptors (Lipinski definition) is 5. The van der Waals surface area contributed by atoms with E-state index in [9.17, 15) is 8.94 Å². The van der Waals surface area contributed by atoms with Crippen molar-refractivity contribution in [2.75, 3.05) is 16.2 Å². The SMILES string of the molecule is CC[S+]([O-])Nc1ccc(-c2cccc3[nH]nc(N)c23)cc1OCc1ccc(F)cc1. The van der Waals surface area contributed by atoms with Gasteiger partial charge in [-0.15, -0.1) is 0 Å². The third-order valence-corrected chi connectivity index (χ3v) is 5.68. The average molecular weight is 425 g/mol. The summed E-state index contributed by atoms with van der Waals surface area (Å²) in [5.41, 5.74) is 10.1. The molecule has 1 heterocycles. The van der Waals surface area contributed by atoms with Gasteiger partial charge in [0.05, 0.1) is 22.3 Å². The summed E-state index contributed by atoms with van der Waals surface area (Å²) in [5, 5.41) is 7.85. The predicted molar refractivity (Wildman–Crippen MR) is 119 cm³/mol. The first-order valence-electron chi connectivity index (χ1n) is 9.44. The minimum Gasteiger partial charge on any atom is -0.593 e. The molecule has 1 unspecified atom stereocenters. The molecule has 4 aromatic rings. The van der Waals surface area contributed by atoms with E-state index in [2.05, 4.69) is 14.9 Å². The molecule has 6 nitrogen and oxygen atoms in total. The highest BCUT2D eigenvalue weighted by molar-refractivity contribution is 7.92. The number of hydrogen-bond donors (Lipinski definition) is 3. The van der Waals surface area contributed by atoms with Gasteiger partial charge in [-0.2, -0.15) is 5.10 Å². The van der Waals surface area contributed by atoms with Crippen LogP contribution in [0, 0.1) is 5.82 Å². The molecule has 0 fully saturated rings. The molecule has 0 aliphatic heterocycles. The Balaban J connectivity index is 1.71. The lowest BCUT2D eigenvalue weighted by molar-refractivity contribution is 0.308. The highest BCUT2D eigenvalue weighted by Crippen LogP contribution is 2.36. The maximum Gasteiger partial charge on any atom is 0.153 e. The van der Waals surface area contributed by atoms with Crippen molar-refractivity contribution in [2.24, 2.45) is 0 Å². The second kappa shape index (κ2) is 8.64. The van der Waals surface area contributed by atoms with Crippen LogP contribution in [0.1, 0.15) is 12.5 Å². The summed E-state index contributed by atoms with van der Waals surface area (Å²) in [6.45, 7) is 2.08. The lowest BCUT2D eigenvalue weighted by atomic mass is 10.0. The Bertz CT molecular complexity index is 1160. The van der Waals surface area contributed by atoms with Crippen molar-refractivity contribution in [1.29, 1.82) is 0 Å². The highest BCUT2D eigenvalue weighted by atomic mass is 32.2. The summed E-state index contributed by atoms with van der Waals surface area (Å²) < 4.78 is 34.2. The third-order valence-electron chi connectivity index (χ3n) is 4.70. The summed E-state index contributed by atoms with van der Waals surface area (Å²) in [5.74, 6) is 1.12. The van der Waals surface area contributed by atoms with Crippen molar-refractivity contribution in [1.82, 2.24) is 10.2 Å². The largest absolute Gasteiger partial charge is 0.593 e. The van der Waals surface area contributed by atoms with E-state index in [1.54, 1.807) is 12.1 Å². The van der Waals surface area contributed by atoms with Gasteiger partial charge in [-0.05, 0) is 53.9 Å². The Labute approximate surface area is 176 Å². The van der Waals surface area contributed by atoms with E-state index in [0.29, 0.717) is 23.0 Å². The number of fused-ring (bicyclic) bond motifs is 1. The van der Waals surface area contributed by atoms with Gasteiger partial charge in [-0.25, -0.2) is 9.11 Å². The van der Waals surface area contributed by atoms with Crippen molar-refractivity contribution < 1.29 is 13.7 Å². The van der Waals surface area contributed by atoms with Crippen LogP contribution in [0.3, 0.4) is 0 Å². The van der Waals surface area contributed by atoms with Crippen molar-refractivity contribution in [2.45, 2.75) is 13.5 Å². The van der Waals surface area contributed by atoms with Gasteiger partial charge in [0.1, 0.15) is 29.6 Å². The summed E-state index contributed by atoms with van der Waals surface area (Å²) in [6, 6.07) is 17.5. The number of benzene rings is 3. The molecule has 4 rings (SSSR count). The number of nitrogens with zero attached hydrogens (tertiary/aromatic N) is 1. The van der Waals surface area contributed by atoms with Crippen molar-refractivity contribution in [3.05, 3.63) is 72.0 Å². The fourth-order valence-corrected chi connectivity index (χ4v) is 3.73. The van der Waals surface area contributed by atoms with Gasteiger partial charge in [-0.1, -0.05) is 30.3 Å². The molecule has 0 radical (unpaired) electrons. The van der Waals surface area contributed by atoms with Crippen LogP contribution in [0.2, 0.25) is 0 Å². The monoisotopic (exact) mass is 424 g/mol. The van der Waals surface area contributed by atoms with Gasteiger partial charge in [-0.3, -0.25) is 5.10 Å². The Morgan fingerprint density at radius 3 is 2.73 bits per heavy atom. The van der Waals surface area contributed by atoms with Crippen LogP contribution in [0.5, 0.6) is 5.75 Å². The van der Waals surface area contributed by atoms with Crippen molar-refractivity contribution in [3.8, 4) is 16.9 Å². The van der Waals surface area contributed by atoms with Gasteiger partial charge < -0.3 is 15.0 Å². The maximum absolute atomic E-state index is 13.2. The van der Waals surface area contributed by atoms with Crippen LogP contribution in [-0.4, -0.2) is 20.5 Å². The zero-order valence-electron chi connectivity index (χ0n) is 16.3. The number of aromatic nitrogens is 2. The standard InChI is InChI=1S/C22H21FN4O2S/c1-2-30(28)27-18-11-8-15(17-4-3-5-19-21(17)22(24)26-25-19)12-20(18)29-13-14-6-9-16(23)10-7-14/h3-12,27H,2,13H2,1H3,(H3,24,25,26). The first-order valence-corrected chi connectivity index (χ1v) is 10.8. The molecule has 1 atom stereocenters. The molecular formula is C22H21FN4O2S. The van der Waals surface area contributed by atoms with Gasteiger partial charge in [0, 0.05) is 0 Å². The summed E-state index contributed by atoms with van der Waals surface area (Å²) in [7, 11) is 0. The van der Waals surface area contributed by atoms with E-state index in [1.807, 2.05) is 43.3 Å². The van der Waals surface area contributed by atoms with Gasteiger partial charge >= 0.3 is 0 Å². The Morgan fingerprint density at radius 2 is 1.97 bits per heavy atom. The van der Waals surface area contributed by atoms with Crippen LogP contribution in [0.25, 0.3) is 22.0 Å². The fraction of sp³-hybridized carbons (Fsp3) is 0.136. The van der Waals surface area contributed by atoms with E-state index in [4.69, 9.17) is 10.5 Å². The van der Waals surface area contributed by atoms with Crippen LogP contribution >= 0.6 is 0 Å². The molecule has 0 bridgehead atoms. The topological polar surface area (TPSA) is 99.0 Å². The first kappa shape index (κ1) is 20.1. The molecule has 3 aromatic carbocycles. The first-order chi connectivity index (χ1) is 14.5. The molecule has 4 N–H and O–H groups in total. The van der Waals surface area contributed by atoms with Gasteiger partial charge in [0.15, 0.2) is 5.82 Å². The normalized spacial score (nSPS) is 12.1.